The summed E-state index contributed by atoms with van der Waals surface area (Å²) in [6, 6.07) is 15.4. The second-order valence-electron chi connectivity index (χ2n) is 5.35. The van der Waals surface area contributed by atoms with Gasteiger partial charge in [0.1, 0.15) is 0 Å². The van der Waals surface area contributed by atoms with E-state index in [1.54, 1.807) is 17.0 Å². The van der Waals surface area contributed by atoms with Gasteiger partial charge in [0, 0.05) is 0 Å². The Morgan fingerprint density at radius 2 is 1.88 bits per heavy atom. The maximum absolute atomic E-state index is 12.3. The quantitative estimate of drug-likeness (QED) is 0.447. The average molecular weight is 393 g/mol. The predicted octanol–water partition coefficient (Wildman–Crippen LogP) is 2.25. The van der Waals surface area contributed by atoms with Crippen LogP contribution >= 0.6 is 0 Å². The van der Waals surface area contributed by atoms with Crippen molar-refractivity contribution in [2.24, 2.45) is 0 Å². The van der Waals surface area contributed by atoms with Crippen molar-refractivity contribution in [3.8, 4) is 0 Å². The third kappa shape index (κ3) is 3.97. The second kappa shape index (κ2) is 7.81. The molecule has 0 aromatic heterocycles. The first-order valence-corrected chi connectivity index (χ1v) is 10.8. The SMILES string of the molecule is CCC(c1ccccc1)N(C(C)=O)c1cccc([As](=O)(O)OO)c1. The van der Waals surface area contributed by atoms with E-state index in [4.69, 9.17) is 5.26 Å². The summed E-state index contributed by atoms with van der Waals surface area (Å²) in [5, 5.41) is 8.65. The molecule has 7 heteroatoms. The second-order valence-corrected chi connectivity index (χ2v) is 8.96. The van der Waals surface area contributed by atoms with Crippen molar-refractivity contribution >= 4 is 30.1 Å². The van der Waals surface area contributed by atoms with Crippen LogP contribution in [0.25, 0.3) is 0 Å². The van der Waals surface area contributed by atoms with Crippen molar-refractivity contribution in [3.63, 3.8) is 0 Å². The Labute approximate surface area is 143 Å². The average Bonchev–Trinajstić information content (AvgIpc) is 2.60. The first-order valence-electron chi connectivity index (χ1n) is 7.52. The molecule has 2 unspecified atom stereocenters. The molecule has 0 saturated carbocycles. The summed E-state index contributed by atoms with van der Waals surface area (Å²) in [6.45, 7) is 3.42. The van der Waals surface area contributed by atoms with Crippen LogP contribution in [-0.4, -0.2) is 29.4 Å². The topological polar surface area (TPSA) is 87.1 Å². The number of anilines is 1. The minimum atomic E-state index is -4.99. The molecule has 0 spiro atoms. The van der Waals surface area contributed by atoms with Crippen molar-refractivity contribution in [1.29, 1.82) is 0 Å². The van der Waals surface area contributed by atoms with Crippen molar-refractivity contribution in [2.75, 3.05) is 4.90 Å². The van der Waals surface area contributed by atoms with Crippen molar-refractivity contribution in [1.82, 2.24) is 0 Å². The fourth-order valence-electron chi connectivity index (χ4n) is 2.69. The first kappa shape index (κ1) is 18.5. The van der Waals surface area contributed by atoms with Gasteiger partial charge in [-0.3, -0.25) is 0 Å². The van der Waals surface area contributed by atoms with Crippen LogP contribution in [0.3, 0.4) is 0 Å². The number of amides is 1. The number of carbonyl (C=O) groups excluding carboxylic acids is 1. The maximum atomic E-state index is 12.3. The molecule has 0 saturated heterocycles. The number of hydrogen-bond acceptors (Lipinski definition) is 4. The van der Waals surface area contributed by atoms with Gasteiger partial charge in [-0.05, 0) is 0 Å². The zero-order valence-electron chi connectivity index (χ0n) is 13.5. The summed E-state index contributed by atoms with van der Waals surface area (Å²) in [7, 11) is 0. The monoisotopic (exact) mass is 393 g/mol. The van der Waals surface area contributed by atoms with E-state index in [-0.39, 0.29) is 16.3 Å². The van der Waals surface area contributed by atoms with E-state index in [0.717, 1.165) is 5.56 Å². The van der Waals surface area contributed by atoms with E-state index < -0.39 is 14.2 Å². The molecule has 6 nitrogen and oxygen atoms in total. The van der Waals surface area contributed by atoms with Gasteiger partial charge in [-0.15, -0.1) is 0 Å². The van der Waals surface area contributed by atoms with Gasteiger partial charge in [-0.2, -0.15) is 0 Å². The number of benzene rings is 2. The Morgan fingerprint density at radius 1 is 1.21 bits per heavy atom. The summed E-state index contributed by atoms with van der Waals surface area (Å²) in [4.78, 5) is 13.8. The van der Waals surface area contributed by atoms with E-state index in [1.807, 2.05) is 37.3 Å². The molecule has 2 rings (SSSR count). The molecule has 0 aliphatic heterocycles. The van der Waals surface area contributed by atoms with Gasteiger partial charge < -0.3 is 0 Å². The Morgan fingerprint density at radius 3 is 2.42 bits per heavy atom. The third-order valence-electron chi connectivity index (χ3n) is 3.77. The predicted molar refractivity (Wildman–Crippen MR) is 91.1 cm³/mol. The van der Waals surface area contributed by atoms with Crippen LogP contribution in [-0.2, 0) is 12.4 Å². The summed E-state index contributed by atoms with van der Waals surface area (Å²) in [5.41, 5.74) is 1.44. The molecule has 24 heavy (non-hydrogen) atoms. The number of rotatable bonds is 6. The van der Waals surface area contributed by atoms with Gasteiger partial charge in [0.15, 0.2) is 0 Å². The van der Waals surface area contributed by atoms with Gasteiger partial charge in [-0.25, -0.2) is 0 Å². The standard InChI is InChI=1S/C17H20AsNO5/c1-3-17(14-8-5-4-6-9-14)19(13(2)20)16-11-7-10-15(12-16)18(21,22)24-23/h4-12,17,23H,3H2,1-2H3,(H,21,22). The Kier molecular flexibility index (Phi) is 6.02. The molecule has 0 aliphatic carbocycles. The fourth-order valence-corrected chi connectivity index (χ4v) is 4.08. The molecule has 2 aromatic rings. The van der Waals surface area contributed by atoms with Crippen LogP contribution in [0.1, 0.15) is 31.9 Å². The van der Waals surface area contributed by atoms with Gasteiger partial charge in [-0.1, -0.05) is 0 Å². The van der Waals surface area contributed by atoms with E-state index in [2.05, 4.69) is 3.88 Å². The third-order valence-corrected chi connectivity index (χ3v) is 6.18. The Hall–Kier alpha value is -1.85. The molecule has 2 atom stereocenters. The number of nitrogens with zero attached hydrogens (tertiary/aromatic N) is 1. The van der Waals surface area contributed by atoms with Gasteiger partial charge in [0.25, 0.3) is 0 Å². The molecule has 2 N–H and O–H groups in total. The number of carbonyl (C=O) groups is 1. The summed E-state index contributed by atoms with van der Waals surface area (Å²) in [5.74, 6) is -0.187. The molecular formula is C17H20AsNO5. The summed E-state index contributed by atoms with van der Waals surface area (Å²) in [6.07, 6.45) is 0.673. The first-order chi connectivity index (χ1) is 11.4. The van der Waals surface area contributed by atoms with Crippen LogP contribution in [0, 0.1) is 0 Å². The van der Waals surface area contributed by atoms with E-state index in [9.17, 15) is 12.6 Å². The van der Waals surface area contributed by atoms with Crippen LogP contribution in [0.15, 0.2) is 54.6 Å². The van der Waals surface area contributed by atoms with E-state index >= 15 is 0 Å². The molecule has 0 fully saturated rings. The van der Waals surface area contributed by atoms with Crippen LogP contribution in [0.5, 0.6) is 0 Å². The van der Waals surface area contributed by atoms with Crippen molar-refractivity contribution < 1.29 is 21.8 Å². The van der Waals surface area contributed by atoms with Gasteiger partial charge >= 0.3 is 143 Å². The molecule has 0 bridgehead atoms. The van der Waals surface area contributed by atoms with Crippen molar-refractivity contribution in [2.45, 2.75) is 26.3 Å². The van der Waals surface area contributed by atoms with E-state index in [0.29, 0.717) is 12.1 Å². The molecule has 2 aromatic carbocycles. The number of hydrogen-bond donors (Lipinski definition) is 2. The van der Waals surface area contributed by atoms with Gasteiger partial charge in [0.05, 0.1) is 0 Å². The molecule has 1 amide bonds. The van der Waals surface area contributed by atoms with Crippen LogP contribution in [0.4, 0.5) is 5.69 Å². The van der Waals surface area contributed by atoms with E-state index in [1.165, 1.54) is 19.1 Å². The fraction of sp³-hybridized carbons (Fsp3) is 0.235. The molecule has 0 heterocycles. The summed E-state index contributed by atoms with van der Waals surface area (Å²) < 4.78 is 25.3. The normalized spacial score (nSPS) is 14.7. The van der Waals surface area contributed by atoms with Crippen LogP contribution in [0.2, 0.25) is 0 Å². The molecule has 128 valence electrons. The van der Waals surface area contributed by atoms with Crippen molar-refractivity contribution in [3.05, 3.63) is 60.2 Å². The van der Waals surface area contributed by atoms with Crippen LogP contribution < -0.4 is 9.25 Å². The zero-order valence-corrected chi connectivity index (χ0v) is 15.4. The molecular weight excluding hydrogens is 373 g/mol. The molecule has 0 aliphatic rings. The molecule has 0 radical (unpaired) electrons. The Bertz CT molecular complexity index is 750. The summed E-state index contributed by atoms with van der Waals surface area (Å²) >= 11 is -4.99. The Balaban J connectivity index is 2.50. The van der Waals surface area contributed by atoms with Gasteiger partial charge in [0.2, 0.25) is 0 Å². The minimum absolute atomic E-state index is 0.0257. The zero-order chi connectivity index (χ0) is 17.7.